The van der Waals surface area contributed by atoms with Crippen molar-refractivity contribution >= 4 is 17.3 Å². The van der Waals surface area contributed by atoms with Crippen molar-refractivity contribution < 1.29 is 14.3 Å². The average molecular weight is 284 g/mol. The van der Waals surface area contributed by atoms with Gasteiger partial charge in [-0.25, -0.2) is 0 Å². The lowest BCUT2D eigenvalue weighted by atomic mass is 9.88. The van der Waals surface area contributed by atoms with Crippen molar-refractivity contribution in [2.24, 2.45) is 5.92 Å². The van der Waals surface area contributed by atoms with Gasteiger partial charge in [-0.1, -0.05) is 36.4 Å². The summed E-state index contributed by atoms with van der Waals surface area (Å²) in [7, 11) is 0. The molecule has 0 saturated heterocycles. The predicted octanol–water partition coefficient (Wildman–Crippen LogP) is 3.56. The average Bonchev–Trinajstić information content (AvgIpc) is 2.77. The van der Waals surface area contributed by atoms with Crippen LogP contribution in [-0.4, -0.2) is 18.4 Å². The number of hydrogen-bond acceptors (Lipinski definition) is 3. The van der Waals surface area contributed by atoms with Crippen molar-refractivity contribution in [3.8, 4) is 0 Å². The Morgan fingerprint density at radius 3 is 2.43 bits per heavy atom. The summed E-state index contributed by atoms with van der Waals surface area (Å²) < 4.78 is 5.21. The lowest BCUT2D eigenvalue weighted by Gasteiger charge is -2.18. The van der Waals surface area contributed by atoms with Crippen LogP contribution >= 0.6 is 0 Å². The second-order valence-electron chi connectivity index (χ2n) is 5.24. The summed E-state index contributed by atoms with van der Waals surface area (Å²) in [6, 6.07) is 9.77. The number of hydrogen-bond donors (Lipinski definition) is 0. The molecule has 0 radical (unpaired) electrons. The van der Waals surface area contributed by atoms with E-state index in [1.54, 1.807) is 13.8 Å². The highest BCUT2D eigenvalue weighted by Crippen LogP contribution is 2.40. The fraction of sp³-hybridized carbons (Fsp3) is 0.333. The highest BCUT2D eigenvalue weighted by molar-refractivity contribution is 5.97. The number of ketones is 1. The van der Waals surface area contributed by atoms with Crippen molar-refractivity contribution in [1.29, 1.82) is 0 Å². The van der Waals surface area contributed by atoms with Crippen LogP contribution in [0.5, 0.6) is 0 Å². The molecule has 1 atom stereocenters. The molecule has 0 heterocycles. The molecule has 0 saturated carbocycles. The summed E-state index contributed by atoms with van der Waals surface area (Å²) in [6.45, 7) is 5.62. The third-order valence-corrected chi connectivity index (χ3v) is 3.61. The van der Waals surface area contributed by atoms with E-state index in [0.29, 0.717) is 13.0 Å². The van der Waals surface area contributed by atoms with Crippen LogP contribution in [0.2, 0.25) is 0 Å². The number of Topliss-reactive ketones (excluding diaryl/α,β-unsaturated/α-hetero) is 1. The minimum absolute atomic E-state index is 0.0568. The van der Waals surface area contributed by atoms with Gasteiger partial charge >= 0.3 is 5.97 Å². The van der Waals surface area contributed by atoms with Crippen molar-refractivity contribution in [2.75, 3.05) is 6.61 Å². The first-order chi connectivity index (χ1) is 10.0. The van der Waals surface area contributed by atoms with E-state index in [1.807, 2.05) is 43.3 Å². The molecular formula is C18H20O3. The Labute approximate surface area is 125 Å². The summed E-state index contributed by atoms with van der Waals surface area (Å²) in [5.41, 5.74) is 3.76. The normalized spacial score (nSPS) is 17.7. The summed E-state index contributed by atoms with van der Waals surface area (Å²) >= 11 is 0. The SMILES string of the molecule is CCOC(=O)C1C(c2ccccc2)=CC(C)=C1CC(C)=O. The zero-order valence-corrected chi connectivity index (χ0v) is 12.7. The highest BCUT2D eigenvalue weighted by atomic mass is 16.5. The predicted molar refractivity (Wildman–Crippen MR) is 82.5 cm³/mol. The molecule has 1 aromatic carbocycles. The third kappa shape index (κ3) is 3.30. The number of carbonyl (C=O) groups excluding carboxylic acids is 2. The Kier molecular flexibility index (Phi) is 4.73. The monoisotopic (exact) mass is 284 g/mol. The molecule has 3 nitrogen and oxygen atoms in total. The molecule has 1 aliphatic carbocycles. The van der Waals surface area contributed by atoms with Gasteiger partial charge in [-0.05, 0) is 43.1 Å². The van der Waals surface area contributed by atoms with Gasteiger partial charge in [-0.2, -0.15) is 0 Å². The molecule has 0 spiro atoms. The van der Waals surface area contributed by atoms with Gasteiger partial charge in [0.15, 0.2) is 0 Å². The van der Waals surface area contributed by atoms with Gasteiger partial charge in [0.25, 0.3) is 0 Å². The van der Waals surface area contributed by atoms with Gasteiger partial charge in [0, 0.05) is 6.42 Å². The van der Waals surface area contributed by atoms with E-state index in [-0.39, 0.29) is 11.8 Å². The Morgan fingerprint density at radius 1 is 1.19 bits per heavy atom. The zero-order chi connectivity index (χ0) is 15.4. The summed E-state index contributed by atoms with van der Waals surface area (Å²) in [5, 5.41) is 0. The van der Waals surface area contributed by atoms with Crippen LogP contribution < -0.4 is 0 Å². The number of carbonyl (C=O) groups is 2. The Bertz CT molecular complexity index is 609. The molecule has 0 amide bonds. The quantitative estimate of drug-likeness (QED) is 0.776. The van der Waals surface area contributed by atoms with E-state index in [0.717, 1.165) is 22.3 Å². The van der Waals surface area contributed by atoms with E-state index in [1.165, 1.54) is 0 Å². The molecule has 110 valence electrons. The van der Waals surface area contributed by atoms with Crippen LogP contribution in [0.4, 0.5) is 0 Å². The largest absolute Gasteiger partial charge is 0.465 e. The first-order valence-corrected chi connectivity index (χ1v) is 7.17. The zero-order valence-electron chi connectivity index (χ0n) is 12.7. The lowest BCUT2D eigenvalue weighted by molar-refractivity contribution is -0.144. The summed E-state index contributed by atoms with van der Waals surface area (Å²) in [6.07, 6.45) is 2.29. The van der Waals surface area contributed by atoms with Crippen LogP contribution in [-0.2, 0) is 14.3 Å². The molecule has 0 aliphatic heterocycles. The van der Waals surface area contributed by atoms with Crippen molar-refractivity contribution in [2.45, 2.75) is 27.2 Å². The summed E-state index contributed by atoms with van der Waals surface area (Å²) in [5.74, 6) is -0.682. The molecule has 0 bridgehead atoms. The topological polar surface area (TPSA) is 43.4 Å². The van der Waals surface area contributed by atoms with Gasteiger partial charge in [0.05, 0.1) is 6.61 Å². The minimum Gasteiger partial charge on any atom is -0.465 e. The molecule has 2 rings (SSSR count). The highest BCUT2D eigenvalue weighted by Gasteiger charge is 2.34. The van der Waals surface area contributed by atoms with E-state index in [9.17, 15) is 9.59 Å². The second-order valence-corrected chi connectivity index (χ2v) is 5.24. The van der Waals surface area contributed by atoms with E-state index in [4.69, 9.17) is 4.74 Å². The fourth-order valence-electron chi connectivity index (χ4n) is 2.71. The van der Waals surface area contributed by atoms with Gasteiger partial charge in [0.1, 0.15) is 11.7 Å². The molecule has 1 aliphatic rings. The van der Waals surface area contributed by atoms with Crippen LogP contribution in [0.3, 0.4) is 0 Å². The van der Waals surface area contributed by atoms with E-state index < -0.39 is 5.92 Å². The molecule has 3 heteroatoms. The molecule has 1 unspecified atom stereocenters. The van der Waals surface area contributed by atoms with E-state index in [2.05, 4.69) is 0 Å². The maximum absolute atomic E-state index is 12.4. The molecule has 0 fully saturated rings. The van der Waals surface area contributed by atoms with E-state index >= 15 is 0 Å². The number of ether oxygens (including phenoxy) is 1. The summed E-state index contributed by atoms with van der Waals surface area (Å²) in [4.78, 5) is 23.9. The standard InChI is InChI=1S/C18H20O3/c1-4-21-18(20)17-15(11-13(3)19)12(2)10-16(17)14-8-6-5-7-9-14/h5-10,17H,4,11H2,1-3H3. The first kappa shape index (κ1) is 15.2. The third-order valence-electron chi connectivity index (χ3n) is 3.61. The number of allylic oxidation sites excluding steroid dienone is 2. The first-order valence-electron chi connectivity index (χ1n) is 7.17. The minimum atomic E-state index is -0.462. The maximum atomic E-state index is 12.4. The van der Waals surface area contributed by atoms with Gasteiger partial charge in [0.2, 0.25) is 0 Å². The fourth-order valence-corrected chi connectivity index (χ4v) is 2.71. The van der Waals surface area contributed by atoms with Crippen molar-refractivity contribution in [3.05, 3.63) is 53.1 Å². The van der Waals surface area contributed by atoms with Crippen LogP contribution in [0.25, 0.3) is 5.57 Å². The Balaban J connectivity index is 2.40. The van der Waals surface area contributed by atoms with Crippen LogP contribution in [0, 0.1) is 5.92 Å². The van der Waals surface area contributed by atoms with Crippen molar-refractivity contribution in [3.63, 3.8) is 0 Å². The lowest BCUT2D eigenvalue weighted by Crippen LogP contribution is -2.21. The number of rotatable bonds is 5. The van der Waals surface area contributed by atoms with Gasteiger partial charge in [-0.15, -0.1) is 0 Å². The molecule has 21 heavy (non-hydrogen) atoms. The van der Waals surface area contributed by atoms with Crippen molar-refractivity contribution in [1.82, 2.24) is 0 Å². The maximum Gasteiger partial charge on any atom is 0.317 e. The molecule has 0 N–H and O–H groups in total. The van der Waals surface area contributed by atoms with Gasteiger partial charge in [-0.3, -0.25) is 9.59 Å². The smallest absolute Gasteiger partial charge is 0.317 e. The Morgan fingerprint density at radius 2 is 1.86 bits per heavy atom. The Hall–Kier alpha value is -2.16. The number of benzene rings is 1. The molecule has 0 aromatic heterocycles. The molecular weight excluding hydrogens is 264 g/mol. The van der Waals surface area contributed by atoms with Crippen LogP contribution in [0.15, 0.2) is 47.6 Å². The molecule has 1 aromatic rings. The number of esters is 1. The van der Waals surface area contributed by atoms with Gasteiger partial charge < -0.3 is 4.74 Å². The van der Waals surface area contributed by atoms with Crippen LogP contribution in [0.1, 0.15) is 32.8 Å². The second kappa shape index (κ2) is 6.53.